The van der Waals surface area contributed by atoms with Gasteiger partial charge in [0.1, 0.15) is 11.6 Å². The number of hydrogen-bond acceptors (Lipinski definition) is 6. The van der Waals surface area contributed by atoms with Gasteiger partial charge in [0, 0.05) is 25.7 Å². The summed E-state index contributed by atoms with van der Waals surface area (Å²) in [4.78, 5) is 11.1. The molecule has 0 aromatic carbocycles. The van der Waals surface area contributed by atoms with Gasteiger partial charge in [-0.2, -0.15) is 4.98 Å². The highest BCUT2D eigenvalue weighted by Crippen LogP contribution is 2.22. The van der Waals surface area contributed by atoms with Gasteiger partial charge in [0.15, 0.2) is 0 Å². The van der Waals surface area contributed by atoms with Gasteiger partial charge >= 0.3 is 0 Å². The number of nitrogens with one attached hydrogen (secondary N) is 1. The normalized spacial score (nSPS) is 17.8. The van der Waals surface area contributed by atoms with Crippen molar-refractivity contribution in [2.45, 2.75) is 26.8 Å². The first-order chi connectivity index (χ1) is 9.60. The summed E-state index contributed by atoms with van der Waals surface area (Å²) < 4.78 is 10.6. The molecule has 2 rings (SSSR count). The molecule has 0 saturated carbocycles. The molecule has 0 bridgehead atoms. The van der Waals surface area contributed by atoms with Crippen LogP contribution in [-0.2, 0) is 4.74 Å². The number of rotatable bonds is 5. The maximum absolute atomic E-state index is 5.37. The molecule has 6 nitrogen and oxygen atoms in total. The Morgan fingerprint density at radius 2 is 2.00 bits per heavy atom. The number of ether oxygens (including phenoxy) is 2. The molecule has 1 fully saturated rings. The maximum atomic E-state index is 5.37. The minimum absolute atomic E-state index is 0.311. The van der Waals surface area contributed by atoms with Crippen LogP contribution in [0.2, 0.25) is 0 Å². The van der Waals surface area contributed by atoms with Crippen molar-refractivity contribution in [3.8, 4) is 5.88 Å². The van der Waals surface area contributed by atoms with Crippen molar-refractivity contribution in [3.63, 3.8) is 0 Å². The number of aromatic nitrogens is 2. The van der Waals surface area contributed by atoms with E-state index in [1.54, 1.807) is 7.11 Å². The van der Waals surface area contributed by atoms with Crippen LogP contribution in [-0.4, -0.2) is 60.9 Å². The van der Waals surface area contributed by atoms with Crippen LogP contribution in [0.4, 0.5) is 5.82 Å². The van der Waals surface area contributed by atoms with Crippen LogP contribution in [0, 0.1) is 13.8 Å². The van der Waals surface area contributed by atoms with Gasteiger partial charge in [-0.1, -0.05) is 0 Å². The van der Waals surface area contributed by atoms with Crippen molar-refractivity contribution < 1.29 is 9.47 Å². The van der Waals surface area contributed by atoms with Gasteiger partial charge in [-0.05, 0) is 20.8 Å². The molecule has 0 radical (unpaired) electrons. The SMILES string of the molecule is COc1nc(C)nc(N[C@@H](C)CN2CCOCC2)c1C. The van der Waals surface area contributed by atoms with E-state index in [-0.39, 0.29) is 0 Å². The first-order valence-corrected chi connectivity index (χ1v) is 7.06. The Morgan fingerprint density at radius 3 is 2.65 bits per heavy atom. The third kappa shape index (κ3) is 3.80. The highest BCUT2D eigenvalue weighted by molar-refractivity contribution is 5.49. The monoisotopic (exact) mass is 280 g/mol. The number of hydrogen-bond donors (Lipinski definition) is 1. The van der Waals surface area contributed by atoms with E-state index in [0.29, 0.717) is 17.7 Å². The quantitative estimate of drug-likeness (QED) is 0.875. The predicted molar refractivity (Wildman–Crippen MR) is 78.4 cm³/mol. The topological polar surface area (TPSA) is 59.5 Å². The molecule has 0 spiro atoms. The van der Waals surface area contributed by atoms with Gasteiger partial charge in [-0.3, -0.25) is 4.90 Å². The second kappa shape index (κ2) is 6.85. The Morgan fingerprint density at radius 1 is 1.30 bits per heavy atom. The van der Waals surface area contributed by atoms with E-state index in [9.17, 15) is 0 Å². The molecule has 0 unspecified atom stereocenters. The van der Waals surface area contributed by atoms with Crippen LogP contribution >= 0.6 is 0 Å². The van der Waals surface area contributed by atoms with Crippen molar-refractivity contribution in [2.75, 3.05) is 45.3 Å². The molecule has 1 aromatic heterocycles. The van der Waals surface area contributed by atoms with Crippen LogP contribution < -0.4 is 10.1 Å². The summed E-state index contributed by atoms with van der Waals surface area (Å²) in [5, 5.41) is 3.46. The lowest BCUT2D eigenvalue weighted by Gasteiger charge is -2.29. The van der Waals surface area contributed by atoms with E-state index < -0.39 is 0 Å². The second-order valence-corrected chi connectivity index (χ2v) is 5.21. The number of methoxy groups -OCH3 is 1. The van der Waals surface area contributed by atoms with Crippen molar-refractivity contribution >= 4 is 5.82 Å². The molecule has 112 valence electrons. The third-order valence-electron chi connectivity index (χ3n) is 3.43. The highest BCUT2D eigenvalue weighted by Gasteiger charge is 2.16. The molecule has 1 aliphatic rings. The van der Waals surface area contributed by atoms with Crippen LogP contribution in [0.3, 0.4) is 0 Å². The molecule has 1 atom stereocenters. The average Bonchev–Trinajstić information content (AvgIpc) is 2.43. The number of nitrogens with zero attached hydrogens (tertiary/aromatic N) is 3. The standard InChI is InChI=1S/C14H24N4O2/c1-10(9-18-5-7-20-8-6-18)15-13-11(2)14(19-4)17-12(3)16-13/h10H,5-9H2,1-4H3,(H,15,16,17)/t10-/m0/s1. The van der Waals surface area contributed by atoms with Crippen molar-refractivity contribution in [1.29, 1.82) is 0 Å². The smallest absolute Gasteiger partial charge is 0.221 e. The van der Waals surface area contributed by atoms with E-state index in [1.165, 1.54) is 0 Å². The van der Waals surface area contributed by atoms with E-state index in [1.807, 2.05) is 13.8 Å². The van der Waals surface area contributed by atoms with Crippen molar-refractivity contribution in [1.82, 2.24) is 14.9 Å². The predicted octanol–water partition coefficient (Wildman–Crippen LogP) is 1.23. The fourth-order valence-corrected chi connectivity index (χ4v) is 2.39. The van der Waals surface area contributed by atoms with Crippen molar-refractivity contribution in [2.24, 2.45) is 0 Å². The zero-order chi connectivity index (χ0) is 14.5. The summed E-state index contributed by atoms with van der Waals surface area (Å²) in [5.41, 5.74) is 0.951. The number of anilines is 1. The summed E-state index contributed by atoms with van der Waals surface area (Å²) >= 11 is 0. The maximum Gasteiger partial charge on any atom is 0.221 e. The molecule has 6 heteroatoms. The third-order valence-corrected chi connectivity index (χ3v) is 3.43. The lowest BCUT2D eigenvalue weighted by Crippen LogP contribution is -2.42. The molecule has 2 heterocycles. The van der Waals surface area contributed by atoms with Gasteiger partial charge < -0.3 is 14.8 Å². The van der Waals surface area contributed by atoms with Crippen molar-refractivity contribution in [3.05, 3.63) is 11.4 Å². The van der Waals surface area contributed by atoms with Gasteiger partial charge in [0.05, 0.1) is 25.9 Å². The second-order valence-electron chi connectivity index (χ2n) is 5.21. The number of aryl methyl sites for hydroxylation is 1. The summed E-state index contributed by atoms with van der Waals surface area (Å²) in [5.74, 6) is 2.21. The van der Waals surface area contributed by atoms with Gasteiger partial charge in [0.25, 0.3) is 0 Å². The molecule has 20 heavy (non-hydrogen) atoms. The molecule has 1 N–H and O–H groups in total. The Bertz CT molecular complexity index is 447. The minimum Gasteiger partial charge on any atom is -0.481 e. The Hall–Kier alpha value is -1.40. The molecule has 0 amide bonds. The van der Waals surface area contributed by atoms with Crippen LogP contribution in [0.15, 0.2) is 0 Å². The molecular weight excluding hydrogens is 256 g/mol. The van der Waals surface area contributed by atoms with E-state index in [0.717, 1.165) is 44.2 Å². The molecule has 1 aliphatic heterocycles. The van der Waals surface area contributed by atoms with Crippen LogP contribution in [0.5, 0.6) is 5.88 Å². The fraction of sp³-hybridized carbons (Fsp3) is 0.714. The largest absolute Gasteiger partial charge is 0.481 e. The fourth-order valence-electron chi connectivity index (χ4n) is 2.39. The minimum atomic E-state index is 0.311. The van der Waals surface area contributed by atoms with Crippen LogP contribution in [0.25, 0.3) is 0 Å². The molecule has 1 saturated heterocycles. The summed E-state index contributed by atoms with van der Waals surface area (Å²) in [7, 11) is 1.63. The summed E-state index contributed by atoms with van der Waals surface area (Å²) in [6, 6.07) is 0.311. The van der Waals surface area contributed by atoms with E-state index >= 15 is 0 Å². The van der Waals surface area contributed by atoms with Gasteiger partial charge in [-0.15, -0.1) is 0 Å². The lowest BCUT2D eigenvalue weighted by molar-refractivity contribution is 0.0368. The molecule has 1 aromatic rings. The Kier molecular flexibility index (Phi) is 5.14. The summed E-state index contributed by atoms with van der Waals surface area (Å²) in [6.07, 6.45) is 0. The zero-order valence-electron chi connectivity index (χ0n) is 12.8. The van der Waals surface area contributed by atoms with E-state index in [4.69, 9.17) is 9.47 Å². The lowest BCUT2D eigenvalue weighted by atomic mass is 10.2. The first-order valence-electron chi connectivity index (χ1n) is 7.06. The average molecular weight is 280 g/mol. The highest BCUT2D eigenvalue weighted by atomic mass is 16.5. The first kappa shape index (κ1) is 15.0. The Labute approximate surface area is 120 Å². The molecular formula is C14H24N4O2. The van der Waals surface area contributed by atoms with Gasteiger partial charge in [0.2, 0.25) is 5.88 Å². The van der Waals surface area contributed by atoms with Crippen LogP contribution in [0.1, 0.15) is 18.3 Å². The Balaban J connectivity index is 1.99. The number of morpholine rings is 1. The van der Waals surface area contributed by atoms with E-state index in [2.05, 4.69) is 27.1 Å². The summed E-state index contributed by atoms with van der Waals surface area (Å²) in [6.45, 7) is 10.6. The zero-order valence-corrected chi connectivity index (χ0v) is 12.8. The van der Waals surface area contributed by atoms with Gasteiger partial charge in [-0.25, -0.2) is 4.98 Å². The molecule has 0 aliphatic carbocycles.